The summed E-state index contributed by atoms with van der Waals surface area (Å²) in [5, 5.41) is 6.88. The van der Waals surface area contributed by atoms with Crippen LogP contribution in [-0.4, -0.2) is 51.5 Å². The first-order chi connectivity index (χ1) is 12.2. The van der Waals surface area contributed by atoms with Crippen molar-refractivity contribution in [3.63, 3.8) is 0 Å². The summed E-state index contributed by atoms with van der Waals surface area (Å²) in [5.41, 5.74) is 1.10. The van der Waals surface area contributed by atoms with Crippen molar-refractivity contribution in [2.45, 2.75) is 50.9 Å². The molecule has 2 heterocycles. The highest BCUT2D eigenvalue weighted by molar-refractivity contribution is 14.0. The maximum Gasteiger partial charge on any atom is 0.191 e. The molecule has 1 aromatic rings. The van der Waals surface area contributed by atoms with Crippen molar-refractivity contribution in [1.29, 1.82) is 0 Å². The lowest BCUT2D eigenvalue weighted by Crippen LogP contribution is -2.47. The minimum Gasteiger partial charge on any atom is -0.497 e. The largest absolute Gasteiger partial charge is 0.497 e. The van der Waals surface area contributed by atoms with E-state index in [0.29, 0.717) is 24.8 Å². The molecule has 3 rings (SSSR count). The third-order valence-corrected chi connectivity index (χ3v) is 4.91. The summed E-state index contributed by atoms with van der Waals surface area (Å²) >= 11 is 0. The number of hydrogen-bond donors (Lipinski definition) is 2. The highest BCUT2D eigenvalue weighted by Crippen LogP contribution is 2.34. The van der Waals surface area contributed by atoms with Gasteiger partial charge in [-0.25, -0.2) is 0 Å². The number of rotatable bonds is 7. The fourth-order valence-corrected chi connectivity index (χ4v) is 3.65. The maximum absolute atomic E-state index is 5.92. The topological polar surface area (TPSA) is 64.1 Å². The number of nitrogens with one attached hydrogen (secondary N) is 2. The van der Waals surface area contributed by atoms with Gasteiger partial charge in [0.05, 0.1) is 32.5 Å². The van der Waals surface area contributed by atoms with E-state index in [0.717, 1.165) is 48.8 Å². The number of methoxy groups -OCH3 is 2. The molecule has 2 aliphatic rings. The van der Waals surface area contributed by atoms with E-state index in [-0.39, 0.29) is 24.0 Å². The van der Waals surface area contributed by atoms with E-state index >= 15 is 0 Å². The van der Waals surface area contributed by atoms with Gasteiger partial charge in [-0.15, -0.1) is 24.0 Å². The van der Waals surface area contributed by atoms with Crippen molar-refractivity contribution in [2.24, 2.45) is 4.99 Å². The van der Waals surface area contributed by atoms with Crippen molar-refractivity contribution in [2.75, 3.05) is 27.3 Å². The van der Waals surface area contributed by atoms with Crippen LogP contribution in [0.2, 0.25) is 0 Å². The normalized spacial score (nSPS) is 24.1. The molecular formula is C19H30IN3O3. The van der Waals surface area contributed by atoms with Gasteiger partial charge < -0.3 is 24.8 Å². The lowest BCUT2D eigenvalue weighted by atomic mass is 9.96. The summed E-state index contributed by atoms with van der Waals surface area (Å²) in [6, 6.07) is 6.24. The van der Waals surface area contributed by atoms with Gasteiger partial charge in [0.1, 0.15) is 11.5 Å². The second kappa shape index (κ2) is 10.2. The molecule has 0 aliphatic carbocycles. The van der Waals surface area contributed by atoms with Crippen LogP contribution in [0.1, 0.15) is 31.7 Å². The zero-order valence-corrected chi connectivity index (χ0v) is 18.1. The first-order valence-corrected chi connectivity index (χ1v) is 9.14. The molecule has 3 atom stereocenters. The van der Waals surface area contributed by atoms with E-state index < -0.39 is 0 Å². The van der Waals surface area contributed by atoms with Gasteiger partial charge in [0.25, 0.3) is 0 Å². The van der Waals surface area contributed by atoms with Gasteiger partial charge in [-0.2, -0.15) is 0 Å². The Morgan fingerprint density at radius 2 is 2.12 bits per heavy atom. The molecule has 2 saturated heterocycles. The number of halogens is 1. The minimum absolute atomic E-state index is 0. The number of ether oxygens (including phenoxy) is 3. The summed E-state index contributed by atoms with van der Waals surface area (Å²) in [5.74, 6) is 2.57. The molecule has 0 amide bonds. The van der Waals surface area contributed by atoms with E-state index in [1.54, 1.807) is 14.2 Å². The van der Waals surface area contributed by atoms with Gasteiger partial charge in [-0.1, -0.05) is 0 Å². The standard InChI is InChI=1S/C19H29N3O3.HI/c1-4-20-19(22-16-12-15-6-8-18(16)25-15)21-10-9-13-11-14(23-2)5-7-17(13)24-3;/h5,7,11,15-16,18H,4,6,8-10,12H2,1-3H3,(H2,20,21,22);1H. The molecule has 0 saturated carbocycles. The van der Waals surface area contributed by atoms with Crippen LogP contribution in [0.4, 0.5) is 0 Å². The lowest BCUT2D eigenvalue weighted by molar-refractivity contribution is 0.0992. The summed E-state index contributed by atoms with van der Waals surface area (Å²) in [7, 11) is 3.36. The zero-order chi connectivity index (χ0) is 17.6. The second-order valence-electron chi connectivity index (χ2n) is 6.55. The van der Waals surface area contributed by atoms with Gasteiger partial charge in [-0.05, 0) is 56.4 Å². The molecule has 2 aliphatic heterocycles. The van der Waals surface area contributed by atoms with Gasteiger partial charge in [0.15, 0.2) is 5.96 Å². The molecule has 2 N–H and O–H groups in total. The first-order valence-electron chi connectivity index (χ1n) is 9.14. The Hall–Kier alpha value is -1.22. The maximum atomic E-state index is 5.92. The molecule has 26 heavy (non-hydrogen) atoms. The van der Waals surface area contributed by atoms with Crippen LogP contribution in [0.5, 0.6) is 11.5 Å². The quantitative estimate of drug-likeness (QED) is 0.361. The molecule has 0 radical (unpaired) electrons. The highest BCUT2D eigenvalue weighted by Gasteiger charge is 2.41. The minimum atomic E-state index is 0. The van der Waals surface area contributed by atoms with Crippen molar-refractivity contribution in [1.82, 2.24) is 10.6 Å². The van der Waals surface area contributed by atoms with Crippen LogP contribution in [0.25, 0.3) is 0 Å². The summed E-state index contributed by atoms with van der Waals surface area (Å²) in [6.07, 6.45) is 5.01. The molecule has 2 fully saturated rings. The van der Waals surface area contributed by atoms with Crippen LogP contribution >= 0.6 is 24.0 Å². The fraction of sp³-hybridized carbons (Fsp3) is 0.632. The Morgan fingerprint density at radius 1 is 1.27 bits per heavy atom. The Morgan fingerprint density at radius 3 is 2.73 bits per heavy atom. The van der Waals surface area contributed by atoms with Crippen LogP contribution in [-0.2, 0) is 11.2 Å². The van der Waals surface area contributed by atoms with Crippen LogP contribution in [0.15, 0.2) is 23.2 Å². The van der Waals surface area contributed by atoms with E-state index in [1.807, 2.05) is 18.2 Å². The molecular weight excluding hydrogens is 445 g/mol. The Balaban J connectivity index is 0.00000243. The fourth-order valence-electron chi connectivity index (χ4n) is 3.65. The van der Waals surface area contributed by atoms with Gasteiger partial charge in [-0.3, -0.25) is 4.99 Å². The van der Waals surface area contributed by atoms with Crippen LogP contribution in [0, 0.1) is 0 Å². The Labute approximate surface area is 173 Å². The van der Waals surface area contributed by atoms with E-state index in [2.05, 4.69) is 17.6 Å². The van der Waals surface area contributed by atoms with Crippen molar-refractivity contribution in [3.05, 3.63) is 23.8 Å². The first kappa shape index (κ1) is 21.1. The summed E-state index contributed by atoms with van der Waals surface area (Å²) in [6.45, 7) is 3.61. The van der Waals surface area contributed by atoms with Crippen LogP contribution in [0.3, 0.4) is 0 Å². The molecule has 0 spiro atoms. The Bertz CT molecular complexity index is 612. The number of nitrogens with zero attached hydrogens (tertiary/aromatic N) is 1. The second-order valence-corrected chi connectivity index (χ2v) is 6.55. The zero-order valence-electron chi connectivity index (χ0n) is 15.8. The molecule has 0 aromatic heterocycles. The molecule has 146 valence electrons. The molecule has 3 unspecified atom stereocenters. The number of benzene rings is 1. The van der Waals surface area contributed by atoms with Gasteiger partial charge in [0, 0.05) is 13.1 Å². The number of fused-ring (bicyclic) bond motifs is 2. The average molecular weight is 475 g/mol. The average Bonchev–Trinajstić information content (AvgIpc) is 3.24. The van der Waals surface area contributed by atoms with E-state index in [4.69, 9.17) is 19.2 Å². The Kier molecular flexibility index (Phi) is 8.27. The van der Waals surface area contributed by atoms with Crippen LogP contribution < -0.4 is 20.1 Å². The number of aliphatic imine (C=N–C) groups is 1. The van der Waals surface area contributed by atoms with E-state index in [1.165, 1.54) is 6.42 Å². The van der Waals surface area contributed by atoms with Gasteiger partial charge in [0.2, 0.25) is 0 Å². The van der Waals surface area contributed by atoms with E-state index in [9.17, 15) is 0 Å². The molecule has 1 aromatic carbocycles. The molecule has 6 nitrogen and oxygen atoms in total. The summed E-state index contributed by atoms with van der Waals surface area (Å²) in [4.78, 5) is 4.73. The highest BCUT2D eigenvalue weighted by atomic mass is 127. The predicted molar refractivity (Wildman–Crippen MR) is 114 cm³/mol. The molecule has 2 bridgehead atoms. The van der Waals surface area contributed by atoms with Crippen molar-refractivity contribution < 1.29 is 14.2 Å². The third-order valence-electron chi connectivity index (χ3n) is 4.91. The lowest BCUT2D eigenvalue weighted by Gasteiger charge is -2.22. The number of guanidine groups is 1. The molecule has 7 heteroatoms. The summed E-state index contributed by atoms with van der Waals surface area (Å²) < 4.78 is 16.7. The predicted octanol–water partition coefficient (Wildman–Crippen LogP) is 2.74. The van der Waals surface area contributed by atoms with Crippen molar-refractivity contribution in [3.8, 4) is 11.5 Å². The smallest absolute Gasteiger partial charge is 0.191 e. The van der Waals surface area contributed by atoms with Gasteiger partial charge >= 0.3 is 0 Å². The number of hydrogen-bond acceptors (Lipinski definition) is 4. The van der Waals surface area contributed by atoms with Crippen molar-refractivity contribution >= 4 is 29.9 Å². The monoisotopic (exact) mass is 475 g/mol. The SMILES string of the molecule is CCNC(=NCCc1cc(OC)ccc1OC)NC1CC2CCC1O2.I. The third kappa shape index (κ3) is 5.16.